The molecule has 4 nitrogen and oxygen atoms in total. The van der Waals surface area contributed by atoms with Crippen LogP contribution in [-0.4, -0.2) is 52.7 Å². The van der Waals surface area contributed by atoms with Crippen LogP contribution in [0.4, 0.5) is 0 Å². The van der Waals surface area contributed by atoms with Crippen molar-refractivity contribution in [2.45, 2.75) is 44.4 Å². The average molecular weight is 274 g/mol. The van der Waals surface area contributed by atoms with Gasteiger partial charge in [0.2, 0.25) is 5.91 Å². The van der Waals surface area contributed by atoms with Crippen molar-refractivity contribution in [3.8, 4) is 0 Å². The van der Waals surface area contributed by atoms with Crippen LogP contribution in [-0.2, 0) is 15.6 Å². The summed E-state index contributed by atoms with van der Waals surface area (Å²) < 4.78 is 12.2. The molecule has 0 aliphatic heterocycles. The van der Waals surface area contributed by atoms with Crippen molar-refractivity contribution < 1.29 is 9.00 Å². The second-order valence-electron chi connectivity index (χ2n) is 5.35. The Hall–Kier alpha value is -0.420. The first-order chi connectivity index (χ1) is 8.47. The van der Waals surface area contributed by atoms with Gasteiger partial charge in [0, 0.05) is 36.2 Å². The number of carbonyl (C=O) groups is 1. The Morgan fingerprint density at radius 3 is 2.61 bits per heavy atom. The normalized spacial score (nSPS) is 29.2. The Kier molecular flexibility index (Phi) is 6.29. The molecule has 1 aliphatic carbocycles. The van der Waals surface area contributed by atoms with Gasteiger partial charge in [-0.3, -0.25) is 9.00 Å². The fourth-order valence-electron chi connectivity index (χ4n) is 2.48. The molecule has 0 aromatic carbocycles. The molecule has 0 bridgehead atoms. The molecule has 1 fully saturated rings. The van der Waals surface area contributed by atoms with Gasteiger partial charge in [-0.05, 0) is 31.7 Å². The van der Waals surface area contributed by atoms with Crippen LogP contribution >= 0.6 is 0 Å². The predicted octanol–water partition coefficient (Wildman–Crippen LogP) is 0.990. The van der Waals surface area contributed by atoms with Gasteiger partial charge in [0.15, 0.2) is 0 Å². The van der Waals surface area contributed by atoms with E-state index < -0.39 is 10.8 Å². The van der Waals surface area contributed by atoms with E-state index in [4.69, 9.17) is 0 Å². The van der Waals surface area contributed by atoms with E-state index >= 15 is 0 Å². The summed E-state index contributed by atoms with van der Waals surface area (Å²) in [4.78, 5) is 13.1. The summed E-state index contributed by atoms with van der Waals surface area (Å²) >= 11 is 0. The van der Waals surface area contributed by atoms with Crippen LogP contribution in [0.5, 0.6) is 0 Å². The molecule has 0 heterocycles. The summed E-state index contributed by atoms with van der Waals surface area (Å²) in [6.45, 7) is 5.33. The maximum atomic E-state index is 12.2. The molecular formula is C13H26N2O2S. The number of hydrogen-bond donors (Lipinski definition) is 1. The molecule has 1 amide bonds. The van der Waals surface area contributed by atoms with Crippen molar-refractivity contribution in [2.24, 2.45) is 5.92 Å². The van der Waals surface area contributed by atoms with E-state index in [-0.39, 0.29) is 16.9 Å². The standard InChI is InChI=1S/C13H26N2O2S/c1-5-8-14-11-6-7-12(10(11)2)18(17)9-13(16)15(3)4/h10-12,14H,5-9H2,1-4H3. The highest BCUT2D eigenvalue weighted by atomic mass is 32.2. The third-order valence-electron chi connectivity index (χ3n) is 3.74. The maximum absolute atomic E-state index is 12.2. The monoisotopic (exact) mass is 274 g/mol. The molecule has 4 atom stereocenters. The third-order valence-corrected chi connectivity index (χ3v) is 5.61. The van der Waals surface area contributed by atoms with E-state index in [1.165, 1.54) is 4.90 Å². The Labute approximate surface area is 113 Å². The molecule has 106 valence electrons. The Bertz CT molecular complexity index is 307. The first-order valence-corrected chi connectivity index (χ1v) is 8.16. The van der Waals surface area contributed by atoms with E-state index in [1.807, 2.05) is 0 Å². The van der Waals surface area contributed by atoms with Crippen LogP contribution in [0.3, 0.4) is 0 Å². The smallest absolute Gasteiger partial charge is 0.234 e. The molecule has 0 aromatic rings. The summed E-state index contributed by atoms with van der Waals surface area (Å²) in [6, 6.07) is 0.466. The summed E-state index contributed by atoms with van der Waals surface area (Å²) in [7, 11) is 2.39. The predicted molar refractivity (Wildman–Crippen MR) is 76.0 cm³/mol. The molecule has 5 heteroatoms. The molecule has 0 aromatic heterocycles. The topological polar surface area (TPSA) is 49.4 Å². The van der Waals surface area contributed by atoms with Gasteiger partial charge in [0.25, 0.3) is 0 Å². The lowest BCUT2D eigenvalue weighted by Gasteiger charge is -2.21. The molecule has 18 heavy (non-hydrogen) atoms. The van der Waals surface area contributed by atoms with E-state index in [0.29, 0.717) is 12.0 Å². The van der Waals surface area contributed by atoms with Gasteiger partial charge < -0.3 is 10.2 Å². The van der Waals surface area contributed by atoms with E-state index in [0.717, 1.165) is 25.8 Å². The highest BCUT2D eigenvalue weighted by Gasteiger charge is 2.36. The SMILES string of the molecule is CCCNC1CCC(S(=O)CC(=O)N(C)C)C1C. The fourth-order valence-corrected chi connectivity index (χ4v) is 4.26. The van der Waals surface area contributed by atoms with Crippen LogP contribution in [0.25, 0.3) is 0 Å². The summed E-state index contributed by atoms with van der Waals surface area (Å²) in [5.41, 5.74) is 0. The van der Waals surface area contributed by atoms with Crippen LogP contribution < -0.4 is 5.32 Å². The molecular weight excluding hydrogens is 248 g/mol. The lowest BCUT2D eigenvalue weighted by atomic mass is 10.1. The molecule has 1 saturated carbocycles. The molecule has 0 spiro atoms. The zero-order valence-electron chi connectivity index (χ0n) is 11.9. The quantitative estimate of drug-likeness (QED) is 0.786. The van der Waals surface area contributed by atoms with Gasteiger partial charge in [0.05, 0.1) is 0 Å². The minimum absolute atomic E-state index is 0.0366. The third kappa shape index (κ3) is 4.05. The van der Waals surface area contributed by atoms with Gasteiger partial charge in [-0.15, -0.1) is 0 Å². The Balaban J connectivity index is 2.48. The summed E-state index contributed by atoms with van der Waals surface area (Å²) in [5, 5.41) is 3.68. The molecule has 1 rings (SSSR count). The minimum Gasteiger partial charge on any atom is -0.348 e. The molecule has 4 unspecified atom stereocenters. The second-order valence-corrected chi connectivity index (χ2v) is 7.00. The highest BCUT2D eigenvalue weighted by molar-refractivity contribution is 7.86. The van der Waals surface area contributed by atoms with Crippen molar-refractivity contribution in [1.29, 1.82) is 0 Å². The first kappa shape index (κ1) is 15.6. The molecule has 0 saturated heterocycles. The van der Waals surface area contributed by atoms with Crippen molar-refractivity contribution in [3.05, 3.63) is 0 Å². The molecule has 1 N–H and O–H groups in total. The number of nitrogens with one attached hydrogen (secondary N) is 1. The number of carbonyl (C=O) groups excluding carboxylic acids is 1. The van der Waals surface area contributed by atoms with Gasteiger partial charge in [0.1, 0.15) is 5.75 Å². The lowest BCUT2D eigenvalue weighted by Crippen LogP contribution is -2.37. The van der Waals surface area contributed by atoms with E-state index in [1.54, 1.807) is 14.1 Å². The number of nitrogens with zero attached hydrogens (tertiary/aromatic N) is 1. The minimum atomic E-state index is -1.03. The van der Waals surface area contributed by atoms with E-state index in [2.05, 4.69) is 19.2 Å². The zero-order chi connectivity index (χ0) is 13.7. The fraction of sp³-hybridized carbons (Fsp3) is 0.923. The van der Waals surface area contributed by atoms with Gasteiger partial charge >= 0.3 is 0 Å². The van der Waals surface area contributed by atoms with Gasteiger partial charge in [-0.2, -0.15) is 0 Å². The zero-order valence-corrected chi connectivity index (χ0v) is 12.8. The van der Waals surface area contributed by atoms with Gasteiger partial charge in [-0.25, -0.2) is 0 Å². The second kappa shape index (κ2) is 7.24. The Morgan fingerprint density at radius 1 is 1.39 bits per heavy atom. The van der Waals surface area contributed by atoms with Crippen molar-refractivity contribution in [2.75, 3.05) is 26.4 Å². The number of rotatable bonds is 6. The first-order valence-electron chi connectivity index (χ1n) is 6.78. The van der Waals surface area contributed by atoms with Crippen molar-refractivity contribution in [3.63, 3.8) is 0 Å². The highest BCUT2D eigenvalue weighted by Crippen LogP contribution is 2.30. The summed E-state index contributed by atoms with van der Waals surface area (Å²) in [5.74, 6) is 0.528. The van der Waals surface area contributed by atoms with Gasteiger partial charge in [-0.1, -0.05) is 13.8 Å². The van der Waals surface area contributed by atoms with Crippen LogP contribution in [0.15, 0.2) is 0 Å². The van der Waals surface area contributed by atoms with Crippen molar-refractivity contribution >= 4 is 16.7 Å². The van der Waals surface area contributed by atoms with Crippen LogP contribution in [0, 0.1) is 5.92 Å². The molecule has 1 aliphatic rings. The lowest BCUT2D eigenvalue weighted by molar-refractivity contribution is -0.125. The molecule has 0 radical (unpaired) electrons. The number of amides is 1. The van der Waals surface area contributed by atoms with E-state index in [9.17, 15) is 9.00 Å². The Morgan fingerprint density at radius 2 is 2.06 bits per heavy atom. The van der Waals surface area contributed by atoms with Crippen LogP contribution in [0.2, 0.25) is 0 Å². The maximum Gasteiger partial charge on any atom is 0.234 e. The van der Waals surface area contributed by atoms with Crippen LogP contribution in [0.1, 0.15) is 33.1 Å². The summed E-state index contributed by atoms with van der Waals surface area (Å²) in [6.07, 6.45) is 3.17. The largest absolute Gasteiger partial charge is 0.348 e. The number of hydrogen-bond acceptors (Lipinski definition) is 3. The van der Waals surface area contributed by atoms with Crippen molar-refractivity contribution in [1.82, 2.24) is 10.2 Å². The average Bonchev–Trinajstić information content (AvgIpc) is 2.67.